The maximum absolute atomic E-state index is 12.2. The van der Waals surface area contributed by atoms with Crippen molar-refractivity contribution >= 4 is 51.0 Å². The van der Waals surface area contributed by atoms with Gasteiger partial charge in [0.2, 0.25) is 5.69 Å². The van der Waals surface area contributed by atoms with Crippen LogP contribution in [0.3, 0.4) is 0 Å². The van der Waals surface area contributed by atoms with E-state index in [4.69, 9.17) is 18.2 Å². The standard InChI is InChI=1S/C14H12ClN3O2S2/c1-16-11-8-12(21-14(11)22(3)20)13(19)17-18(2)10-6-4-9(15)5-7-10/h4-8H,2-3H3,(H,17,19). The lowest BCUT2D eigenvalue weighted by atomic mass is 10.3. The van der Waals surface area contributed by atoms with E-state index in [1.165, 1.54) is 12.3 Å². The van der Waals surface area contributed by atoms with Gasteiger partial charge < -0.3 is 0 Å². The molecule has 2 aromatic rings. The Labute approximate surface area is 139 Å². The molecule has 1 aromatic heterocycles. The number of carbonyl (C=O) groups is 1. The van der Waals surface area contributed by atoms with Gasteiger partial charge in [-0.05, 0) is 30.3 Å². The van der Waals surface area contributed by atoms with Gasteiger partial charge in [0, 0.05) is 29.1 Å². The van der Waals surface area contributed by atoms with Crippen LogP contribution in [0.25, 0.3) is 4.85 Å². The number of halogens is 1. The van der Waals surface area contributed by atoms with Gasteiger partial charge >= 0.3 is 0 Å². The third-order valence-electron chi connectivity index (χ3n) is 2.77. The Morgan fingerprint density at radius 1 is 1.41 bits per heavy atom. The zero-order valence-electron chi connectivity index (χ0n) is 11.8. The number of amides is 1. The fraction of sp³-hybridized carbons (Fsp3) is 0.143. The molecule has 5 nitrogen and oxygen atoms in total. The monoisotopic (exact) mass is 353 g/mol. The molecule has 1 heterocycles. The van der Waals surface area contributed by atoms with E-state index in [1.54, 1.807) is 36.3 Å². The number of nitrogens with one attached hydrogen (secondary N) is 1. The topological polar surface area (TPSA) is 53.8 Å². The van der Waals surface area contributed by atoms with Crippen molar-refractivity contribution in [3.05, 3.63) is 51.6 Å². The second-order valence-electron chi connectivity index (χ2n) is 4.33. The minimum absolute atomic E-state index is 0.255. The fourth-order valence-electron chi connectivity index (χ4n) is 1.70. The highest BCUT2D eigenvalue weighted by Crippen LogP contribution is 2.32. The van der Waals surface area contributed by atoms with Gasteiger partial charge in [0.25, 0.3) is 5.91 Å². The number of benzene rings is 1. The van der Waals surface area contributed by atoms with Crippen molar-refractivity contribution in [3.63, 3.8) is 0 Å². The summed E-state index contributed by atoms with van der Waals surface area (Å²) in [5.74, 6) is -0.357. The van der Waals surface area contributed by atoms with Crippen molar-refractivity contribution in [2.45, 2.75) is 4.21 Å². The Balaban J connectivity index is 2.17. The molecule has 114 valence electrons. The number of rotatable bonds is 4. The summed E-state index contributed by atoms with van der Waals surface area (Å²) in [6.45, 7) is 7.07. The van der Waals surface area contributed by atoms with Gasteiger partial charge in [0.1, 0.15) is 0 Å². The highest BCUT2D eigenvalue weighted by molar-refractivity contribution is 7.86. The molecule has 8 heteroatoms. The molecule has 1 amide bonds. The van der Waals surface area contributed by atoms with Gasteiger partial charge in [-0.25, -0.2) is 4.85 Å². The van der Waals surface area contributed by atoms with Gasteiger partial charge in [-0.1, -0.05) is 11.6 Å². The molecular formula is C14H12ClN3O2S2. The van der Waals surface area contributed by atoms with Gasteiger partial charge in [-0.15, -0.1) is 11.3 Å². The second-order valence-corrected chi connectivity index (χ2v) is 7.39. The first-order valence-electron chi connectivity index (χ1n) is 6.07. The molecule has 0 bridgehead atoms. The Bertz CT molecular complexity index is 765. The summed E-state index contributed by atoms with van der Waals surface area (Å²) in [5.41, 5.74) is 3.71. The number of anilines is 1. The zero-order valence-corrected chi connectivity index (χ0v) is 14.2. The van der Waals surface area contributed by atoms with Crippen LogP contribution in [0.2, 0.25) is 5.02 Å². The third-order valence-corrected chi connectivity index (χ3v) is 5.62. The number of hydrogen-bond donors (Lipinski definition) is 1. The summed E-state index contributed by atoms with van der Waals surface area (Å²) in [6, 6.07) is 8.45. The summed E-state index contributed by atoms with van der Waals surface area (Å²) in [7, 11) is 0.407. The zero-order chi connectivity index (χ0) is 16.3. The van der Waals surface area contributed by atoms with E-state index in [2.05, 4.69) is 10.3 Å². The molecule has 0 aliphatic carbocycles. The van der Waals surface area contributed by atoms with E-state index in [9.17, 15) is 9.00 Å². The van der Waals surface area contributed by atoms with Crippen LogP contribution >= 0.6 is 22.9 Å². The van der Waals surface area contributed by atoms with E-state index in [0.717, 1.165) is 17.0 Å². The van der Waals surface area contributed by atoms with Crippen LogP contribution in [-0.2, 0) is 10.8 Å². The van der Waals surface area contributed by atoms with Crippen molar-refractivity contribution in [2.24, 2.45) is 0 Å². The Morgan fingerprint density at radius 3 is 2.55 bits per heavy atom. The first-order chi connectivity index (χ1) is 10.4. The number of nitrogens with zero attached hydrogens (tertiary/aromatic N) is 2. The lowest BCUT2D eigenvalue weighted by Gasteiger charge is -2.19. The first-order valence-corrected chi connectivity index (χ1v) is 8.82. The third kappa shape index (κ3) is 3.65. The normalized spacial score (nSPS) is 11.5. The van der Waals surface area contributed by atoms with E-state index in [1.807, 2.05) is 0 Å². The first kappa shape index (κ1) is 16.5. The van der Waals surface area contributed by atoms with Crippen LogP contribution in [0.4, 0.5) is 11.4 Å². The van der Waals surface area contributed by atoms with Gasteiger partial charge in [-0.2, -0.15) is 0 Å². The summed E-state index contributed by atoms with van der Waals surface area (Å²) in [5, 5.41) is 2.16. The maximum atomic E-state index is 12.2. The molecule has 1 unspecified atom stereocenters. The number of hydrogen-bond acceptors (Lipinski definition) is 4. The van der Waals surface area contributed by atoms with Gasteiger partial charge in [0.15, 0.2) is 0 Å². The molecule has 0 fully saturated rings. The van der Waals surface area contributed by atoms with Crippen molar-refractivity contribution < 1.29 is 9.00 Å². The van der Waals surface area contributed by atoms with Gasteiger partial charge in [-0.3, -0.25) is 19.4 Å². The molecule has 0 saturated heterocycles. The van der Waals surface area contributed by atoms with Crippen molar-refractivity contribution in [1.82, 2.24) is 5.43 Å². The minimum Gasteiger partial charge on any atom is -0.288 e. The molecule has 22 heavy (non-hydrogen) atoms. The lowest BCUT2D eigenvalue weighted by molar-refractivity contribution is 0.0955. The highest BCUT2D eigenvalue weighted by atomic mass is 35.5. The molecule has 0 aliphatic rings. The quantitative estimate of drug-likeness (QED) is 0.676. The average Bonchev–Trinajstić information content (AvgIpc) is 2.92. The van der Waals surface area contributed by atoms with Crippen molar-refractivity contribution in [1.29, 1.82) is 0 Å². The molecule has 1 aromatic carbocycles. The molecule has 0 aliphatic heterocycles. The van der Waals surface area contributed by atoms with E-state index in [0.29, 0.717) is 14.1 Å². The van der Waals surface area contributed by atoms with Crippen LogP contribution < -0.4 is 10.4 Å². The van der Waals surface area contributed by atoms with Crippen LogP contribution in [0.5, 0.6) is 0 Å². The van der Waals surface area contributed by atoms with Crippen LogP contribution in [0.1, 0.15) is 9.67 Å². The minimum atomic E-state index is -1.29. The lowest BCUT2D eigenvalue weighted by Crippen LogP contribution is -2.38. The molecule has 2 rings (SSSR count). The van der Waals surface area contributed by atoms with Crippen LogP contribution in [-0.4, -0.2) is 23.4 Å². The van der Waals surface area contributed by atoms with E-state index in [-0.39, 0.29) is 11.6 Å². The summed E-state index contributed by atoms with van der Waals surface area (Å²) < 4.78 is 12.0. The molecular weight excluding hydrogens is 342 g/mol. The molecule has 0 spiro atoms. The van der Waals surface area contributed by atoms with Gasteiger partial charge in [0.05, 0.1) is 21.3 Å². The molecule has 0 radical (unpaired) electrons. The molecule has 1 N–H and O–H groups in total. The largest absolute Gasteiger partial charge is 0.288 e. The fourth-order valence-corrected chi connectivity index (χ4v) is 3.68. The van der Waals surface area contributed by atoms with Crippen molar-refractivity contribution in [2.75, 3.05) is 18.3 Å². The molecule has 0 saturated carbocycles. The van der Waals surface area contributed by atoms with E-state index >= 15 is 0 Å². The Morgan fingerprint density at radius 2 is 2.05 bits per heavy atom. The van der Waals surface area contributed by atoms with E-state index < -0.39 is 10.8 Å². The number of carbonyl (C=O) groups excluding carboxylic acids is 1. The predicted octanol–water partition coefficient (Wildman–Crippen LogP) is 3.47. The highest BCUT2D eigenvalue weighted by Gasteiger charge is 2.18. The smallest absolute Gasteiger partial charge is 0.278 e. The number of thiophene rings is 1. The average molecular weight is 354 g/mol. The Kier molecular flexibility index (Phi) is 5.19. The van der Waals surface area contributed by atoms with Crippen LogP contribution in [0, 0.1) is 6.57 Å². The SMILES string of the molecule is [C-]#[N+]c1cc(C(=O)NN(C)c2ccc(Cl)cc2)sc1S(C)=O. The van der Waals surface area contributed by atoms with Crippen LogP contribution in [0.15, 0.2) is 34.5 Å². The van der Waals surface area contributed by atoms with Crippen molar-refractivity contribution in [3.8, 4) is 0 Å². The predicted molar refractivity (Wildman–Crippen MR) is 90.2 cm³/mol. The second kappa shape index (κ2) is 6.92. The summed E-state index contributed by atoms with van der Waals surface area (Å²) in [4.78, 5) is 15.9. The Hall–Kier alpha value is -1.88. The summed E-state index contributed by atoms with van der Waals surface area (Å²) in [6.07, 6.45) is 1.49. The molecule has 1 atom stereocenters. The summed E-state index contributed by atoms with van der Waals surface area (Å²) >= 11 is 6.89. The number of hydrazine groups is 1. The maximum Gasteiger partial charge on any atom is 0.278 e.